The van der Waals surface area contributed by atoms with Crippen LogP contribution in [0.5, 0.6) is 0 Å². The lowest BCUT2D eigenvalue weighted by molar-refractivity contribution is -0.143. The van der Waals surface area contributed by atoms with Gasteiger partial charge in [-0.25, -0.2) is 14.0 Å². The number of halogens is 1. The molecule has 0 aromatic heterocycles. The summed E-state index contributed by atoms with van der Waals surface area (Å²) >= 11 is 0. The van der Waals surface area contributed by atoms with Crippen molar-refractivity contribution >= 4 is 12.1 Å². The zero-order valence-corrected chi connectivity index (χ0v) is 16.6. The van der Waals surface area contributed by atoms with Gasteiger partial charge in [-0.05, 0) is 58.2 Å². The molecule has 0 fully saturated rings. The normalized spacial score (nSPS) is 15.3. The Labute approximate surface area is 155 Å². The van der Waals surface area contributed by atoms with E-state index in [9.17, 15) is 19.1 Å². The molecular weight excluding hydrogens is 337 g/mol. The van der Waals surface area contributed by atoms with E-state index in [-0.39, 0.29) is 17.7 Å². The molecule has 1 aromatic rings. The van der Waals surface area contributed by atoms with Gasteiger partial charge in [0.1, 0.15) is 17.5 Å². The molecule has 1 N–H and O–H groups in total. The van der Waals surface area contributed by atoms with Gasteiger partial charge in [0, 0.05) is 12.0 Å². The number of hydrogen-bond acceptors (Lipinski definition) is 3. The Morgan fingerprint density at radius 2 is 1.58 bits per heavy atom. The SMILES string of the molecule is CC(C)[C@@H](c1ccc(F)cc1)[C@H](C)N(C(=O)OC(C)(C)C)[C@@H](C)C(=O)O. The van der Waals surface area contributed by atoms with E-state index in [0.29, 0.717) is 0 Å². The van der Waals surface area contributed by atoms with Crippen molar-refractivity contribution in [2.75, 3.05) is 0 Å². The largest absolute Gasteiger partial charge is 0.480 e. The Hall–Kier alpha value is -2.11. The highest BCUT2D eigenvalue weighted by atomic mass is 19.1. The Bertz CT molecular complexity index is 622. The smallest absolute Gasteiger partial charge is 0.411 e. The highest BCUT2D eigenvalue weighted by Gasteiger charge is 2.38. The molecule has 5 nitrogen and oxygen atoms in total. The number of carboxylic acid groups (broad SMARTS) is 1. The van der Waals surface area contributed by atoms with E-state index in [0.717, 1.165) is 5.56 Å². The van der Waals surface area contributed by atoms with E-state index in [4.69, 9.17) is 4.74 Å². The van der Waals surface area contributed by atoms with Gasteiger partial charge in [-0.1, -0.05) is 26.0 Å². The van der Waals surface area contributed by atoms with Crippen LogP contribution in [0.2, 0.25) is 0 Å². The first-order chi connectivity index (χ1) is 11.8. The number of nitrogens with zero attached hydrogens (tertiary/aromatic N) is 1. The third-order valence-corrected chi connectivity index (χ3v) is 4.31. The monoisotopic (exact) mass is 367 g/mol. The molecular formula is C20H30FNO4. The number of carbonyl (C=O) groups excluding carboxylic acids is 1. The lowest BCUT2D eigenvalue weighted by Gasteiger charge is -2.39. The van der Waals surface area contributed by atoms with Crippen LogP contribution in [0.4, 0.5) is 9.18 Å². The molecule has 26 heavy (non-hydrogen) atoms. The van der Waals surface area contributed by atoms with Crippen molar-refractivity contribution in [1.29, 1.82) is 0 Å². The summed E-state index contributed by atoms with van der Waals surface area (Å²) in [6, 6.07) is 4.58. The molecule has 3 atom stereocenters. The van der Waals surface area contributed by atoms with Crippen LogP contribution in [0.25, 0.3) is 0 Å². The molecule has 0 aliphatic carbocycles. The van der Waals surface area contributed by atoms with Crippen LogP contribution in [-0.4, -0.2) is 39.8 Å². The quantitative estimate of drug-likeness (QED) is 0.794. The first-order valence-corrected chi connectivity index (χ1v) is 8.84. The first kappa shape index (κ1) is 21.9. The van der Waals surface area contributed by atoms with Gasteiger partial charge in [0.2, 0.25) is 0 Å². The van der Waals surface area contributed by atoms with Crippen LogP contribution < -0.4 is 0 Å². The number of carbonyl (C=O) groups is 2. The van der Waals surface area contributed by atoms with Gasteiger partial charge in [0.05, 0.1) is 0 Å². The number of amides is 1. The molecule has 1 aromatic carbocycles. The van der Waals surface area contributed by atoms with Gasteiger partial charge in [0.25, 0.3) is 0 Å². The van der Waals surface area contributed by atoms with Gasteiger partial charge in [0.15, 0.2) is 0 Å². The van der Waals surface area contributed by atoms with Crippen molar-refractivity contribution in [3.8, 4) is 0 Å². The average Bonchev–Trinajstić information content (AvgIpc) is 2.47. The van der Waals surface area contributed by atoms with Crippen molar-refractivity contribution in [3.63, 3.8) is 0 Å². The molecule has 0 aliphatic rings. The summed E-state index contributed by atoms with van der Waals surface area (Å²) in [5.41, 5.74) is 0.108. The fourth-order valence-electron chi connectivity index (χ4n) is 3.19. The maximum Gasteiger partial charge on any atom is 0.411 e. The van der Waals surface area contributed by atoms with Crippen molar-refractivity contribution < 1.29 is 23.8 Å². The standard InChI is InChI=1S/C20H30FNO4/c1-12(2)17(15-8-10-16(21)11-9-15)13(3)22(14(4)18(23)24)19(25)26-20(5,6)7/h8-14,17H,1-7H3,(H,23,24)/t13-,14-,17+/m0/s1. The minimum Gasteiger partial charge on any atom is -0.480 e. The Kier molecular flexibility index (Phi) is 7.18. The molecule has 0 unspecified atom stereocenters. The number of hydrogen-bond donors (Lipinski definition) is 1. The van der Waals surface area contributed by atoms with Crippen molar-refractivity contribution in [1.82, 2.24) is 4.90 Å². The van der Waals surface area contributed by atoms with Crippen LogP contribution in [0.3, 0.4) is 0 Å². The average molecular weight is 367 g/mol. The third-order valence-electron chi connectivity index (χ3n) is 4.31. The molecule has 1 amide bonds. The van der Waals surface area contributed by atoms with E-state index in [1.54, 1.807) is 39.8 Å². The molecule has 0 spiro atoms. The van der Waals surface area contributed by atoms with Crippen LogP contribution >= 0.6 is 0 Å². The van der Waals surface area contributed by atoms with Gasteiger partial charge in [-0.2, -0.15) is 0 Å². The highest BCUT2D eigenvalue weighted by molar-refractivity contribution is 5.80. The molecule has 1 rings (SSSR count). The minimum absolute atomic E-state index is 0.0985. The fraction of sp³-hybridized carbons (Fsp3) is 0.600. The number of ether oxygens (including phenoxy) is 1. The predicted molar refractivity (Wildman–Crippen MR) is 98.6 cm³/mol. The minimum atomic E-state index is -1.11. The number of aliphatic carboxylic acids is 1. The van der Waals surface area contributed by atoms with Crippen LogP contribution in [0.15, 0.2) is 24.3 Å². The first-order valence-electron chi connectivity index (χ1n) is 8.84. The van der Waals surface area contributed by atoms with Crippen molar-refractivity contribution in [3.05, 3.63) is 35.6 Å². The Balaban J connectivity index is 3.29. The van der Waals surface area contributed by atoms with E-state index in [2.05, 4.69) is 0 Å². The van der Waals surface area contributed by atoms with Gasteiger partial charge in [-0.3, -0.25) is 4.90 Å². The summed E-state index contributed by atoms with van der Waals surface area (Å²) in [4.78, 5) is 25.6. The Morgan fingerprint density at radius 1 is 1.08 bits per heavy atom. The lowest BCUT2D eigenvalue weighted by Crippen LogP contribution is -2.52. The van der Waals surface area contributed by atoms with Crippen molar-refractivity contribution in [2.24, 2.45) is 5.92 Å². The summed E-state index contributed by atoms with van der Waals surface area (Å²) in [7, 11) is 0. The molecule has 146 valence electrons. The Morgan fingerprint density at radius 3 is 1.96 bits per heavy atom. The number of carboxylic acids is 1. The highest BCUT2D eigenvalue weighted by Crippen LogP contribution is 2.33. The predicted octanol–water partition coefficient (Wildman–Crippen LogP) is 4.66. The molecule has 0 heterocycles. The van der Waals surface area contributed by atoms with Crippen LogP contribution in [0, 0.1) is 11.7 Å². The summed E-state index contributed by atoms with van der Waals surface area (Å²) in [5.74, 6) is -1.53. The second kappa shape index (κ2) is 8.52. The third kappa shape index (κ3) is 5.71. The fourth-order valence-corrected chi connectivity index (χ4v) is 3.19. The number of benzene rings is 1. The lowest BCUT2D eigenvalue weighted by atomic mass is 9.82. The molecule has 0 aliphatic heterocycles. The maximum absolute atomic E-state index is 13.3. The molecule has 0 bridgehead atoms. The van der Waals surface area contributed by atoms with E-state index in [1.807, 2.05) is 13.8 Å². The second-order valence-corrected chi connectivity index (χ2v) is 7.96. The summed E-state index contributed by atoms with van der Waals surface area (Å²) in [6.07, 6.45) is -0.673. The van der Waals surface area contributed by atoms with Gasteiger partial charge < -0.3 is 9.84 Å². The summed E-state index contributed by atoms with van der Waals surface area (Å²) < 4.78 is 18.7. The molecule has 0 saturated heterocycles. The number of rotatable bonds is 6. The summed E-state index contributed by atoms with van der Waals surface area (Å²) in [5, 5.41) is 9.48. The van der Waals surface area contributed by atoms with E-state index < -0.39 is 29.7 Å². The topological polar surface area (TPSA) is 66.8 Å². The summed E-state index contributed by atoms with van der Waals surface area (Å²) in [6.45, 7) is 12.5. The van der Waals surface area contributed by atoms with Crippen LogP contribution in [0.1, 0.15) is 59.9 Å². The van der Waals surface area contributed by atoms with Gasteiger partial charge >= 0.3 is 12.1 Å². The van der Waals surface area contributed by atoms with Gasteiger partial charge in [-0.15, -0.1) is 0 Å². The van der Waals surface area contributed by atoms with Crippen LogP contribution in [-0.2, 0) is 9.53 Å². The van der Waals surface area contributed by atoms with E-state index >= 15 is 0 Å². The maximum atomic E-state index is 13.3. The zero-order chi connectivity index (χ0) is 20.2. The molecule has 6 heteroatoms. The second-order valence-electron chi connectivity index (χ2n) is 7.96. The van der Waals surface area contributed by atoms with Crippen molar-refractivity contribution in [2.45, 2.75) is 72.1 Å². The van der Waals surface area contributed by atoms with E-state index in [1.165, 1.54) is 24.0 Å². The zero-order valence-electron chi connectivity index (χ0n) is 16.6. The molecule has 0 saturated carbocycles. The molecule has 0 radical (unpaired) electrons.